The lowest BCUT2D eigenvalue weighted by molar-refractivity contribution is -0.114. The molecule has 0 aromatic heterocycles. The second-order valence-corrected chi connectivity index (χ2v) is 3.07. The number of Topliss-reactive ketones (excluding diaryl/α,β-unsaturated/α-hetero) is 1. The largest absolute Gasteiger partial charge is 0.294 e. The quantitative estimate of drug-likeness (QED) is 0.517. The SMILES string of the molecule is O=C1CC=NC2=C1CCCC2. The zero-order valence-corrected chi connectivity index (χ0v) is 6.47. The predicted molar refractivity (Wildman–Crippen MR) is 43.6 cm³/mol. The maximum atomic E-state index is 11.3. The molecular weight excluding hydrogens is 138 g/mol. The third-order valence-electron chi connectivity index (χ3n) is 2.30. The van der Waals surface area contributed by atoms with Gasteiger partial charge in [-0.2, -0.15) is 0 Å². The number of carbonyl (C=O) groups is 1. The van der Waals surface area contributed by atoms with Crippen LogP contribution in [0.4, 0.5) is 0 Å². The molecule has 0 fully saturated rings. The molecule has 1 aliphatic heterocycles. The van der Waals surface area contributed by atoms with Gasteiger partial charge in [0.1, 0.15) is 0 Å². The highest BCUT2D eigenvalue weighted by Crippen LogP contribution is 2.28. The first-order valence-electron chi connectivity index (χ1n) is 4.15. The number of carbonyl (C=O) groups excluding carboxylic acids is 1. The van der Waals surface area contributed by atoms with E-state index in [1.165, 1.54) is 12.8 Å². The fourth-order valence-electron chi connectivity index (χ4n) is 1.69. The van der Waals surface area contributed by atoms with E-state index in [4.69, 9.17) is 0 Å². The van der Waals surface area contributed by atoms with E-state index in [-0.39, 0.29) is 0 Å². The van der Waals surface area contributed by atoms with Crippen LogP contribution in [-0.2, 0) is 4.79 Å². The lowest BCUT2D eigenvalue weighted by Gasteiger charge is -2.18. The van der Waals surface area contributed by atoms with Crippen molar-refractivity contribution in [2.75, 3.05) is 0 Å². The van der Waals surface area contributed by atoms with E-state index in [2.05, 4.69) is 4.99 Å². The average Bonchev–Trinajstić information content (AvgIpc) is 2.06. The van der Waals surface area contributed by atoms with Gasteiger partial charge in [-0.05, 0) is 25.7 Å². The standard InChI is InChI=1S/C9H11NO/c11-9-5-6-10-8-4-2-1-3-7(8)9/h6H,1-5H2. The first kappa shape index (κ1) is 6.77. The molecule has 2 heteroatoms. The summed E-state index contributed by atoms with van der Waals surface area (Å²) in [6.07, 6.45) is 6.61. The maximum absolute atomic E-state index is 11.3. The molecule has 0 atom stereocenters. The first-order chi connectivity index (χ1) is 5.38. The third kappa shape index (κ3) is 1.13. The van der Waals surface area contributed by atoms with Crippen LogP contribution in [-0.4, -0.2) is 12.0 Å². The molecule has 0 unspecified atom stereocenters. The molecular formula is C9H11NO. The smallest absolute Gasteiger partial charge is 0.165 e. The van der Waals surface area contributed by atoms with E-state index in [1.54, 1.807) is 6.21 Å². The van der Waals surface area contributed by atoms with Gasteiger partial charge in [0, 0.05) is 23.9 Å². The van der Waals surface area contributed by atoms with E-state index in [0.29, 0.717) is 12.2 Å². The van der Waals surface area contributed by atoms with Crippen LogP contribution in [0.5, 0.6) is 0 Å². The molecule has 1 heterocycles. The second-order valence-electron chi connectivity index (χ2n) is 3.07. The Labute approximate surface area is 66.0 Å². The van der Waals surface area contributed by atoms with E-state index >= 15 is 0 Å². The van der Waals surface area contributed by atoms with Gasteiger partial charge in [0.2, 0.25) is 0 Å². The number of hydrogen-bond acceptors (Lipinski definition) is 2. The van der Waals surface area contributed by atoms with Gasteiger partial charge >= 0.3 is 0 Å². The maximum Gasteiger partial charge on any atom is 0.165 e. The minimum absolute atomic E-state index is 0.301. The molecule has 0 radical (unpaired) electrons. The van der Waals surface area contributed by atoms with Gasteiger partial charge in [0.25, 0.3) is 0 Å². The number of rotatable bonds is 0. The molecule has 0 aromatic rings. The van der Waals surface area contributed by atoms with Crippen molar-refractivity contribution in [1.29, 1.82) is 0 Å². The van der Waals surface area contributed by atoms with E-state index in [9.17, 15) is 4.79 Å². The van der Waals surface area contributed by atoms with Crippen LogP contribution in [0.2, 0.25) is 0 Å². The summed E-state index contributed by atoms with van der Waals surface area (Å²) in [7, 11) is 0. The Morgan fingerprint density at radius 3 is 2.91 bits per heavy atom. The van der Waals surface area contributed by atoms with Crippen LogP contribution >= 0.6 is 0 Å². The Morgan fingerprint density at radius 2 is 2.09 bits per heavy atom. The lowest BCUT2D eigenvalue weighted by Crippen LogP contribution is -2.13. The summed E-state index contributed by atoms with van der Waals surface area (Å²) in [6.45, 7) is 0. The molecule has 0 N–H and O–H groups in total. The first-order valence-corrected chi connectivity index (χ1v) is 4.15. The molecule has 0 aromatic carbocycles. The van der Waals surface area contributed by atoms with Crippen LogP contribution < -0.4 is 0 Å². The highest BCUT2D eigenvalue weighted by molar-refractivity contribution is 6.05. The van der Waals surface area contributed by atoms with Crippen LogP contribution in [0.15, 0.2) is 16.3 Å². The molecule has 0 spiro atoms. The van der Waals surface area contributed by atoms with Crippen molar-refractivity contribution in [3.05, 3.63) is 11.3 Å². The van der Waals surface area contributed by atoms with Crippen molar-refractivity contribution in [1.82, 2.24) is 0 Å². The van der Waals surface area contributed by atoms with Crippen molar-refractivity contribution in [3.8, 4) is 0 Å². The summed E-state index contributed by atoms with van der Waals surface area (Å²) in [5.74, 6) is 0.301. The molecule has 2 aliphatic rings. The van der Waals surface area contributed by atoms with Crippen molar-refractivity contribution in [2.24, 2.45) is 4.99 Å². The van der Waals surface area contributed by atoms with Crippen LogP contribution in [0.1, 0.15) is 32.1 Å². The summed E-state index contributed by atoms with van der Waals surface area (Å²) < 4.78 is 0. The van der Waals surface area contributed by atoms with Crippen LogP contribution in [0, 0.1) is 0 Å². The highest BCUT2D eigenvalue weighted by atomic mass is 16.1. The Balaban J connectivity index is 2.35. The Morgan fingerprint density at radius 1 is 1.27 bits per heavy atom. The van der Waals surface area contributed by atoms with Gasteiger partial charge in [0.05, 0.1) is 0 Å². The zero-order chi connectivity index (χ0) is 7.68. The molecule has 2 nitrogen and oxygen atoms in total. The summed E-state index contributed by atoms with van der Waals surface area (Å²) >= 11 is 0. The minimum atomic E-state index is 0.301. The van der Waals surface area contributed by atoms with Gasteiger partial charge in [-0.1, -0.05) is 0 Å². The normalized spacial score (nSPS) is 23.8. The number of ketones is 1. The molecule has 11 heavy (non-hydrogen) atoms. The fourth-order valence-corrected chi connectivity index (χ4v) is 1.69. The molecule has 58 valence electrons. The van der Waals surface area contributed by atoms with Gasteiger partial charge in [-0.3, -0.25) is 9.79 Å². The Hall–Kier alpha value is -0.920. The summed E-state index contributed by atoms with van der Waals surface area (Å²) in [4.78, 5) is 15.5. The van der Waals surface area contributed by atoms with Gasteiger partial charge in [0.15, 0.2) is 5.78 Å². The molecule has 1 aliphatic carbocycles. The lowest BCUT2D eigenvalue weighted by atomic mass is 9.91. The Kier molecular flexibility index (Phi) is 1.60. The zero-order valence-electron chi connectivity index (χ0n) is 6.47. The molecule has 0 bridgehead atoms. The topological polar surface area (TPSA) is 29.4 Å². The summed E-state index contributed by atoms with van der Waals surface area (Å²) in [6, 6.07) is 0. The predicted octanol–water partition coefficient (Wildman–Crippen LogP) is 1.86. The number of aliphatic imine (C=N–C) groups is 1. The van der Waals surface area contributed by atoms with Gasteiger partial charge in [-0.25, -0.2) is 0 Å². The van der Waals surface area contributed by atoms with Crippen molar-refractivity contribution in [2.45, 2.75) is 32.1 Å². The Bertz CT molecular complexity index is 250. The van der Waals surface area contributed by atoms with Gasteiger partial charge in [-0.15, -0.1) is 0 Å². The fraction of sp³-hybridized carbons (Fsp3) is 0.556. The van der Waals surface area contributed by atoms with Crippen molar-refractivity contribution >= 4 is 12.0 Å². The van der Waals surface area contributed by atoms with Crippen molar-refractivity contribution < 1.29 is 4.79 Å². The van der Waals surface area contributed by atoms with Crippen LogP contribution in [0.25, 0.3) is 0 Å². The monoisotopic (exact) mass is 149 g/mol. The summed E-state index contributed by atoms with van der Waals surface area (Å²) in [5.41, 5.74) is 2.08. The van der Waals surface area contributed by atoms with E-state index in [1.807, 2.05) is 0 Å². The van der Waals surface area contributed by atoms with Crippen molar-refractivity contribution in [3.63, 3.8) is 0 Å². The summed E-state index contributed by atoms with van der Waals surface area (Å²) in [5, 5.41) is 0. The minimum Gasteiger partial charge on any atom is -0.294 e. The molecule has 0 amide bonds. The van der Waals surface area contributed by atoms with E-state index in [0.717, 1.165) is 24.1 Å². The third-order valence-corrected chi connectivity index (χ3v) is 2.30. The van der Waals surface area contributed by atoms with Gasteiger partial charge < -0.3 is 0 Å². The van der Waals surface area contributed by atoms with E-state index < -0.39 is 0 Å². The highest BCUT2D eigenvalue weighted by Gasteiger charge is 2.20. The number of nitrogens with zero attached hydrogens (tertiary/aromatic N) is 1. The molecule has 0 saturated heterocycles. The molecule has 0 saturated carbocycles. The van der Waals surface area contributed by atoms with Crippen LogP contribution in [0.3, 0.4) is 0 Å². The second kappa shape index (κ2) is 2.61. The number of hydrogen-bond donors (Lipinski definition) is 0. The average molecular weight is 149 g/mol. The number of allylic oxidation sites excluding steroid dienone is 2. The molecule has 2 rings (SSSR count).